The van der Waals surface area contributed by atoms with E-state index in [4.69, 9.17) is 4.42 Å². The summed E-state index contributed by atoms with van der Waals surface area (Å²) in [5.74, 6) is 1.05. The van der Waals surface area contributed by atoms with E-state index in [9.17, 15) is 9.59 Å². The van der Waals surface area contributed by atoms with Gasteiger partial charge in [-0.25, -0.2) is 9.78 Å². The van der Waals surface area contributed by atoms with Crippen LogP contribution in [0.4, 0.5) is 16.6 Å². The highest BCUT2D eigenvalue weighted by molar-refractivity contribution is 5.87. The molecule has 0 aliphatic carbocycles. The van der Waals surface area contributed by atoms with E-state index < -0.39 is 0 Å². The van der Waals surface area contributed by atoms with Crippen LogP contribution in [-0.2, 0) is 0 Å². The number of aromatic nitrogens is 3. The number of nitrogens with one attached hydrogen (secondary N) is 3. The van der Waals surface area contributed by atoms with Crippen LogP contribution in [-0.4, -0.2) is 40.1 Å². The first-order valence-electron chi connectivity index (χ1n) is 7.83. The minimum absolute atomic E-state index is 0.0858. The summed E-state index contributed by atoms with van der Waals surface area (Å²) in [4.78, 5) is 36.7. The summed E-state index contributed by atoms with van der Waals surface area (Å²) in [5.41, 5.74) is 0.511. The van der Waals surface area contributed by atoms with Crippen molar-refractivity contribution in [1.82, 2.24) is 20.3 Å². The van der Waals surface area contributed by atoms with Crippen LogP contribution in [0.3, 0.4) is 0 Å². The number of carbonyl (C=O) groups excluding carboxylic acids is 1. The van der Waals surface area contributed by atoms with Gasteiger partial charge in [-0.2, -0.15) is 4.98 Å². The van der Waals surface area contributed by atoms with E-state index in [1.54, 1.807) is 13.1 Å². The first-order chi connectivity index (χ1) is 11.5. The number of nitrogens with zero attached hydrogens (tertiary/aromatic N) is 3. The minimum atomic E-state index is -0.377. The number of hydrogen-bond donors (Lipinski definition) is 3. The Hall–Kier alpha value is -2.84. The fourth-order valence-corrected chi connectivity index (χ4v) is 2.70. The molecule has 3 N–H and O–H groups in total. The Labute approximate surface area is 138 Å². The number of rotatable bonds is 3. The molecule has 0 spiro atoms. The van der Waals surface area contributed by atoms with Gasteiger partial charge in [-0.05, 0) is 26.7 Å². The lowest BCUT2D eigenvalue weighted by Gasteiger charge is -2.33. The normalized spacial score (nSPS) is 17.6. The third kappa shape index (κ3) is 3.55. The van der Waals surface area contributed by atoms with Crippen molar-refractivity contribution < 1.29 is 9.21 Å². The maximum absolute atomic E-state index is 12.1. The molecule has 1 aliphatic rings. The molecule has 1 saturated heterocycles. The van der Waals surface area contributed by atoms with Gasteiger partial charge in [0.1, 0.15) is 5.76 Å². The van der Waals surface area contributed by atoms with Crippen molar-refractivity contribution in [3.05, 3.63) is 34.2 Å². The topological polar surface area (TPSA) is 116 Å². The molecule has 0 saturated carbocycles. The van der Waals surface area contributed by atoms with E-state index in [0.29, 0.717) is 18.1 Å². The third-order valence-corrected chi connectivity index (χ3v) is 3.99. The molecular weight excluding hydrogens is 312 g/mol. The molecule has 1 aliphatic heterocycles. The second kappa shape index (κ2) is 6.73. The van der Waals surface area contributed by atoms with Crippen LogP contribution in [0, 0.1) is 13.8 Å². The first kappa shape index (κ1) is 16.0. The van der Waals surface area contributed by atoms with Crippen molar-refractivity contribution in [2.75, 3.05) is 23.3 Å². The van der Waals surface area contributed by atoms with Crippen molar-refractivity contribution in [3.8, 4) is 0 Å². The van der Waals surface area contributed by atoms with E-state index in [2.05, 4.69) is 25.6 Å². The second-order valence-electron chi connectivity index (χ2n) is 5.79. The van der Waals surface area contributed by atoms with Crippen molar-refractivity contribution in [3.63, 3.8) is 0 Å². The Morgan fingerprint density at radius 1 is 1.46 bits per heavy atom. The van der Waals surface area contributed by atoms with Gasteiger partial charge in [0.25, 0.3) is 5.56 Å². The van der Waals surface area contributed by atoms with E-state index >= 15 is 0 Å². The van der Waals surface area contributed by atoms with Crippen molar-refractivity contribution in [2.24, 2.45) is 0 Å². The summed E-state index contributed by atoms with van der Waals surface area (Å²) < 4.78 is 5.33. The van der Waals surface area contributed by atoms with Crippen LogP contribution < -0.4 is 21.1 Å². The number of anilines is 2. The number of urea groups is 1. The van der Waals surface area contributed by atoms with Gasteiger partial charge in [-0.1, -0.05) is 0 Å². The Bertz CT molecular complexity index is 764. The highest BCUT2D eigenvalue weighted by Crippen LogP contribution is 2.15. The smallest absolute Gasteiger partial charge is 0.323 e. The summed E-state index contributed by atoms with van der Waals surface area (Å²) in [5, 5.41) is 5.47. The van der Waals surface area contributed by atoms with Crippen molar-refractivity contribution in [1.29, 1.82) is 0 Å². The Morgan fingerprint density at radius 2 is 2.29 bits per heavy atom. The molecule has 9 heteroatoms. The maximum atomic E-state index is 12.1. The monoisotopic (exact) mass is 332 g/mol. The lowest BCUT2D eigenvalue weighted by Crippen LogP contribution is -2.50. The quantitative estimate of drug-likeness (QED) is 0.777. The largest absolute Gasteiger partial charge is 0.428 e. The molecule has 2 amide bonds. The number of aryl methyl sites for hydroxylation is 2. The van der Waals surface area contributed by atoms with Gasteiger partial charge in [0, 0.05) is 31.5 Å². The van der Waals surface area contributed by atoms with E-state index in [1.807, 2.05) is 11.8 Å². The number of H-pyrrole nitrogens is 1. The zero-order chi connectivity index (χ0) is 17.1. The average Bonchev–Trinajstić information content (AvgIpc) is 2.85. The average molecular weight is 332 g/mol. The zero-order valence-electron chi connectivity index (χ0n) is 13.6. The molecule has 3 heterocycles. The number of aromatic amines is 1. The van der Waals surface area contributed by atoms with Gasteiger partial charge in [-0.15, -0.1) is 0 Å². The lowest BCUT2D eigenvalue weighted by atomic mass is 10.1. The van der Waals surface area contributed by atoms with Gasteiger partial charge in [0.15, 0.2) is 5.82 Å². The van der Waals surface area contributed by atoms with Crippen LogP contribution in [0.15, 0.2) is 21.6 Å². The van der Waals surface area contributed by atoms with E-state index in [-0.39, 0.29) is 23.6 Å². The molecule has 3 rings (SSSR count). The number of amides is 2. The fraction of sp³-hybridized carbons (Fsp3) is 0.467. The summed E-state index contributed by atoms with van der Waals surface area (Å²) in [7, 11) is 0. The number of oxazole rings is 1. The first-order valence-corrected chi connectivity index (χ1v) is 7.83. The Balaban J connectivity index is 1.60. The summed E-state index contributed by atoms with van der Waals surface area (Å²) in [6.45, 7) is 4.86. The van der Waals surface area contributed by atoms with Crippen LogP contribution in [0.5, 0.6) is 0 Å². The van der Waals surface area contributed by atoms with Crippen molar-refractivity contribution in [2.45, 2.75) is 32.7 Å². The van der Waals surface area contributed by atoms with Crippen LogP contribution >= 0.6 is 0 Å². The highest BCUT2D eigenvalue weighted by atomic mass is 16.4. The second-order valence-corrected chi connectivity index (χ2v) is 5.79. The molecule has 0 aromatic carbocycles. The molecule has 0 radical (unpaired) electrons. The minimum Gasteiger partial charge on any atom is -0.428 e. The van der Waals surface area contributed by atoms with Crippen molar-refractivity contribution >= 4 is 17.9 Å². The fourth-order valence-electron chi connectivity index (χ4n) is 2.70. The van der Waals surface area contributed by atoms with Crippen LogP contribution in [0.25, 0.3) is 0 Å². The Morgan fingerprint density at radius 3 is 3.00 bits per heavy atom. The van der Waals surface area contributed by atoms with Crippen LogP contribution in [0.1, 0.15) is 24.3 Å². The van der Waals surface area contributed by atoms with Gasteiger partial charge < -0.3 is 19.6 Å². The maximum Gasteiger partial charge on any atom is 0.323 e. The molecule has 128 valence electrons. The molecular formula is C15H20N6O3. The molecule has 2 aromatic heterocycles. The molecule has 1 atom stereocenters. The lowest BCUT2D eigenvalue weighted by molar-refractivity contribution is 0.246. The van der Waals surface area contributed by atoms with E-state index in [1.165, 1.54) is 6.20 Å². The summed E-state index contributed by atoms with van der Waals surface area (Å²) >= 11 is 0. The molecule has 9 nitrogen and oxygen atoms in total. The standard InChI is InChI=1S/C15H20N6O3/c1-9-10(2)24-15(18-9)20-14(23)19-11-4-3-7-21(8-11)12-13(22)17-6-5-16-12/h5-6,11H,3-4,7-8H2,1-2H3,(H,17,22)(H2,18,19,20,23). The number of carbonyl (C=O) groups is 1. The zero-order valence-corrected chi connectivity index (χ0v) is 13.6. The van der Waals surface area contributed by atoms with Gasteiger partial charge in [-0.3, -0.25) is 10.1 Å². The summed E-state index contributed by atoms with van der Waals surface area (Å²) in [6.07, 6.45) is 4.74. The molecule has 1 fully saturated rings. The van der Waals surface area contributed by atoms with Gasteiger partial charge >= 0.3 is 12.0 Å². The highest BCUT2D eigenvalue weighted by Gasteiger charge is 2.24. The molecule has 0 bridgehead atoms. The van der Waals surface area contributed by atoms with E-state index in [0.717, 1.165) is 25.1 Å². The Kier molecular flexibility index (Phi) is 4.50. The summed E-state index contributed by atoms with van der Waals surface area (Å²) in [6, 6.07) is -0.285. The predicted molar refractivity (Wildman–Crippen MR) is 88.2 cm³/mol. The molecule has 1 unspecified atom stereocenters. The number of hydrogen-bond acceptors (Lipinski definition) is 6. The van der Waals surface area contributed by atoms with Gasteiger partial charge in [0.2, 0.25) is 0 Å². The number of piperidine rings is 1. The SMILES string of the molecule is Cc1nc(NC(=O)NC2CCCN(c3ncc[nH]c3=O)C2)oc1C. The van der Waals surface area contributed by atoms with Crippen LogP contribution in [0.2, 0.25) is 0 Å². The molecule has 2 aromatic rings. The van der Waals surface area contributed by atoms with Gasteiger partial charge in [0.05, 0.1) is 5.69 Å². The molecule has 24 heavy (non-hydrogen) atoms. The third-order valence-electron chi connectivity index (χ3n) is 3.99. The predicted octanol–water partition coefficient (Wildman–Crippen LogP) is 1.17.